The molecule has 0 saturated heterocycles. The molecular formula is C15H31ClN2O. The predicted molar refractivity (Wildman–Crippen MR) is 83.6 cm³/mol. The quantitative estimate of drug-likeness (QED) is 0.788. The normalized spacial score (nSPS) is 18.5. The number of halogens is 1. The Balaban J connectivity index is 0.00000324. The zero-order chi connectivity index (χ0) is 13.6. The summed E-state index contributed by atoms with van der Waals surface area (Å²) < 4.78 is 0. The van der Waals surface area contributed by atoms with Crippen LogP contribution in [0.1, 0.15) is 72.1 Å². The van der Waals surface area contributed by atoms with Gasteiger partial charge in [0.15, 0.2) is 0 Å². The van der Waals surface area contributed by atoms with Crippen molar-refractivity contribution >= 4 is 18.3 Å². The standard InChI is InChI=1S/C15H30N2O.ClH/c1-4-14(5-2,6-3)12-17-13(18)15(16)10-8-7-9-11-15;/h4-12,16H2,1-3H3,(H,17,18);1H. The first-order chi connectivity index (χ1) is 8.52. The molecule has 19 heavy (non-hydrogen) atoms. The molecule has 1 aliphatic carbocycles. The largest absolute Gasteiger partial charge is 0.354 e. The van der Waals surface area contributed by atoms with Crippen LogP contribution in [0.15, 0.2) is 0 Å². The maximum Gasteiger partial charge on any atom is 0.240 e. The van der Waals surface area contributed by atoms with Crippen LogP contribution in [0, 0.1) is 5.41 Å². The van der Waals surface area contributed by atoms with E-state index in [2.05, 4.69) is 26.1 Å². The second-order valence-electron chi connectivity index (χ2n) is 5.96. The number of amides is 1. The fourth-order valence-electron chi connectivity index (χ4n) is 2.98. The highest BCUT2D eigenvalue weighted by Crippen LogP contribution is 2.30. The average molecular weight is 291 g/mol. The van der Waals surface area contributed by atoms with Crippen molar-refractivity contribution in [3.05, 3.63) is 0 Å². The molecule has 0 aromatic heterocycles. The third-order valence-electron chi connectivity index (χ3n) is 5.07. The van der Waals surface area contributed by atoms with Crippen LogP contribution >= 0.6 is 12.4 Å². The molecule has 0 aromatic carbocycles. The Morgan fingerprint density at radius 2 is 1.58 bits per heavy atom. The summed E-state index contributed by atoms with van der Waals surface area (Å²) in [5.41, 5.74) is 5.90. The van der Waals surface area contributed by atoms with Crippen molar-refractivity contribution in [2.24, 2.45) is 11.1 Å². The zero-order valence-electron chi connectivity index (χ0n) is 12.8. The van der Waals surface area contributed by atoms with Crippen LogP contribution in [-0.4, -0.2) is 18.0 Å². The monoisotopic (exact) mass is 290 g/mol. The molecule has 0 unspecified atom stereocenters. The Morgan fingerprint density at radius 3 is 2.00 bits per heavy atom. The second kappa shape index (κ2) is 8.11. The van der Waals surface area contributed by atoms with E-state index in [-0.39, 0.29) is 23.7 Å². The van der Waals surface area contributed by atoms with E-state index < -0.39 is 5.54 Å². The molecule has 4 heteroatoms. The highest BCUT2D eigenvalue weighted by Gasteiger charge is 2.36. The Labute approximate surface area is 124 Å². The molecule has 1 saturated carbocycles. The van der Waals surface area contributed by atoms with Gasteiger partial charge >= 0.3 is 0 Å². The van der Waals surface area contributed by atoms with Gasteiger partial charge in [0, 0.05) is 6.54 Å². The van der Waals surface area contributed by atoms with E-state index in [9.17, 15) is 4.79 Å². The van der Waals surface area contributed by atoms with Crippen molar-refractivity contribution in [1.82, 2.24) is 5.32 Å². The lowest BCUT2D eigenvalue weighted by atomic mass is 9.78. The third kappa shape index (κ3) is 4.64. The van der Waals surface area contributed by atoms with Crippen LogP contribution in [0.3, 0.4) is 0 Å². The van der Waals surface area contributed by atoms with Gasteiger partial charge in [0.2, 0.25) is 5.91 Å². The van der Waals surface area contributed by atoms with E-state index >= 15 is 0 Å². The molecule has 0 radical (unpaired) electrons. The highest BCUT2D eigenvalue weighted by atomic mass is 35.5. The van der Waals surface area contributed by atoms with Crippen LogP contribution in [-0.2, 0) is 4.79 Å². The maximum atomic E-state index is 12.3. The van der Waals surface area contributed by atoms with Crippen LogP contribution in [0.25, 0.3) is 0 Å². The van der Waals surface area contributed by atoms with E-state index in [0.717, 1.165) is 51.5 Å². The molecule has 0 aromatic rings. The zero-order valence-corrected chi connectivity index (χ0v) is 13.6. The SMILES string of the molecule is CCC(CC)(CC)CNC(=O)C1(N)CCCCC1.Cl. The first-order valence-corrected chi connectivity index (χ1v) is 7.59. The molecular weight excluding hydrogens is 260 g/mol. The summed E-state index contributed by atoms with van der Waals surface area (Å²) >= 11 is 0. The predicted octanol–water partition coefficient (Wildman–Crippen LogP) is 3.40. The van der Waals surface area contributed by atoms with Crippen molar-refractivity contribution in [2.75, 3.05) is 6.54 Å². The minimum Gasteiger partial charge on any atom is -0.354 e. The van der Waals surface area contributed by atoms with Crippen LogP contribution in [0.5, 0.6) is 0 Å². The summed E-state index contributed by atoms with van der Waals surface area (Å²) in [7, 11) is 0. The molecule has 1 amide bonds. The van der Waals surface area contributed by atoms with Gasteiger partial charge in [-0.15, -0.1) is 12.4 Å². The fourth-order valence-corrected chi connectivity index (χ4v) is 2.98. The minimum absolute atomic E-state index is 0. The third-order valence-corrected chi connectivity index (χ3v) is 5.07. The molecule has 1 aliphatic rings. The number of nitrogens with one attached hydrogen (secondary N) is 1. The van der Waals surface area contributed by atoms with Gasteiger partial charge in [-0.1, -0.05) is 40.0 Å². The van der Waals surface area contributed by atoms with Crippen molar-refractivity contribution in [3.8, 4) is 0 Å². The van der Waals surface area contributed by atoms with Gasteiger partial charge in [-0.25, -0.2) is 0 Å². The van der Waals surface area contributed by atoms with E-state index in [1.807, 2.05) is 0 Å². The summed E-state index contributed by atoms with van der Waals surface area (Å²) in [4.78, 5) is 12.3. The molecule has 1 fully saturated rings. The second-order valence-corrected chi connectivity index (χ2v) is 5.96. The summed E-state index contributed by atoms with van der Waals surface area (Å²) in [5.74, 6) is 0.0712. The van der Waals surface area contributed by atoms with Gasteiger partial charge in [0.05, 0.1) is 5.54 Å². The van der Waals surface area contributed by atoms with Crippen LogP contribution in [0.4, 0.5) is 0 Å². The molecule has 0 aliphatic heterocycles. The molecule has 0 heterocycles. The molecule has 3 nitrogen and oxygen atoms in total. The first-order valence-electron chi connectivity index (χ1n) is 7.59. The number of carbonyl (C=O) groups excluding carboxylic acids is 1. The molecule has 3 N–H and O–H groups in total. The number of carbonyl (C=O) groups is 1. The lowest BCUT2D eigenvalue weighted by molar-refractivity contribution is -0.128. The van der Waals surface area contributed by atoms with Gasteiger partial charge in [-0.2, -0.15) is 0 Å². The number of hydrogen-bond donors (Lipinski definition) is 2. The highest BCUT2D eigenvalue weighted by molar-refractivity contribution is 5.86. The molecule has 0 spiro atoms. The van der Waals surface area contributed by atoms with E-state index in [4.69, 9.17) is 5.73 Å². The van der Waals surface area contributed by atoms with Gasteiger partial charge in [0.25, 0.3) is 0 Å². The molecule has 1 rings (SSSR count). The van der Waals surface area contributed by atoms with E-state index in [0.29, 0.717) is 0 Å². The minimum atomic E-state index is -0.598. The number of hydrogen-bond acceptors (Lipinski definition) is 2. The van der Waals surface area contributed by atoms with Gasteiger partial charge in [0.1, 0.15) is 0 Å². The summed E-state index contributed by atoms with van der Waals surface area (Å²) in [6, 6.07) is 0. The fraction of sp³-hybridized carbons (Fsp3) is 0.933. The Morgan fingerprint density at radius 1 is 1.11 bits per heavy atom. The van der Waals surface area contributed by atoms with Crippen molar-refractivity contribution in [3.63, 3.8) is 0 Å². The Hall–Kier alpha value is -0.280. The first kappa shape index (κ1) is 18.7. The Bertz CT molecular complexity index is 263. The van der Waals surface area contributed by atoms with Crippen molar-refractivity contribution < 1.29 is 4.79 Å². The lowest BCUT2D eigenvalue weighted by Crippen LogP contribution is -2.56. The summed E-state index contributed by atoms with van der Waals surface area (Å²) in [6.45, 7) is 7.39. The van der Waals surface area contributed by atoms with E-state index in [1.54, 1.807) is 0 Å². The number of rotatable bonds is 6. The lowest BCUT2D eigenvalue weighted by Gasteiger charge is -2.35. The summed E-state index contributed by atoms with van der Waals surface area (Å²) in [6.07, 6.45) is 8.41. The molecule has 0 bridgehead atoms. The summed E-state index contributed by atoms with van der Waals surface area (Å²) in [5, 5.41) is 3.12. The molecule has 0 atom stereocenters. The van der Waals surface area contributed by atoms with Gasteiger partial charge < -0.3 is 11.1 Å². The van der Waals surface area contributed by atoms with E-state index in [1.165, 1.54) is 6.42 Å². The van der Waals surface area contributed by atoms with Gasteiger partial charge in [-0.3, -0.25) is 4.79 Å². The topological polar surface area (TPSA) is 55.1 Å². The van der Waals surface area contributed by atoms with Crippen molar-refractivity contribution in [1.29, 1.82) is 0 Å². The number of nitrogens with two attached hydrogens (primary N) is 1. The average Bonchev–Trinajstić information content (AvgIpc) is 2.41. The Kier molecular flexibility index (Phi) is 7.99. The van der Waals surface area contributed by atoms with Crippen LogP contribution < -0.4 is 11.1 Å². The van der Waals surface area contributed by atoms with Gasteiger partial charge in [-0.05, 0) is 37.5 Å². The smallest absolute Gasteiger partial charge is 0.240 e. The van der Waals surface area contributed by atoms with Crippen molar-refractivity contribution in [2.45, 2.75) is 77.7 Å². The van der Waals surface area contributed by atoms with Crippen LogP contribution in [0.2, 0.25) is 0 Å². The maximum absolute atomic E-state index is 12.3. The molecule has 114 valence electrons.